The van der Waals surface area contributed by atoms with Gasteiger partial charge in [0.25, 0.3) is 5.69 Å². The van der Waals surface area contributed by atoms with Gasteiger partial charge in [0, 0.05) is 18.7 Å². The molecule has 0 radical (unpaired) electrons. The molecule has 20 heavy (non-hydrogen) atoms. The number of aryl methyl sites for hydroxylation is 1. The highest BCUT2D eigenvalue weighted by Crippen LogP contribution is 2.25. The van der Waals surface area contributed by atoms with Gasteiger partial charge >= 0.3 is 0 Å². The van der Waals surface area contributed by atoms with Crippen molar-refractivity contribution in [1.82, 2.24) is 9.97 Å². The summed E-state index contributed by atoms with van der Waals surface area (Å²) in [6, 6.07) is 7.60. The summed E-state index contributed by atoms with van der Waals surface area (Å²) < 4.78 is 5.54. The smallest absolute Gasteiger partial charge is 0.273 e. The van der Waals surface area contributed by atoms with E-state index in [2.05, 4.69) is 15.3 Å². The molecule has 0 spiro atoms. The number of nitro groups is 1. The third-order valence-electron chi connectivity index (χ3n) is 2.42. The third kappa shape index (κ3) is 3.41. The monoisotopic (exact) mass is 274 g/mol. The second-order valence-electron chi connectivity index (χ2n) is 4.03. The number of aromatic nitrogens is 2. The first-order valence-corrected chi connectivity index (χ1v) is 6.10. The van der Waals surface area contributed by atoms with Gasteiger partial charge in [0.2, 0.25) is 5.88 Å². The fraction of sp³-hybridized carbons (Fsp3) is 0.231. The van der Waals surface area contributed by atoms with E-state index in [1.54, 1.807) is 25.1 Å². The van der Waals surface area contributed by atoms with Crippen LogP contribution in [0, 0.1) is 17.0 Å². The second kappa shape index (κ2) is 5.96. The number of rotatable bonds is 5. The van der Waals surface area contributed by atoms with Crippen molar-refractivity contribution < 1.29 is 9.66 Å². The largest absolute Gasteiger partial charge is 0.439 e. The van der Waals surface area contributed by atoms with Crippen molar-refractivity contribution in [3.8, 4) is 11.6 Å². The summed E-state index contributed by atoms with van der Waals surface area (Å²) in [5.41, 5.74) is -0.0276. The van der Waals surface area contributed by atoms with Crippen molar-refractivity contribution in [2.45, 2.75) is 13.8 Å². The van der Waals surface area contributed by atoms with E-state index < -0.39 is 4.92 Å². The van der Waals surface area contributed by atoms with Gasteiger partial charge in [-0.05, 0) is 19.9 Å². The summed E-state index contributed by atoms with van der Waals surface area (Å²) >= 11 is 0. The van der Waals surface area contributed by atoms with Gasteiger partial charge in [-0.2, -0.15) is 4.98 Å². The number of hydrogen-bond acceptors (Lipinski definition) is 6. The number of anilines is 1. The zero-order valence-corrected chi connectivity index (χ0v) is 11.2. The second-order valence-corrected chi connectivity index (χ2v) is 4.03. The molecule has 7 nitrogen and oxygen atoms in total. The Kier molecular flexibility index (Phi) is 4.09. The maximum atomic E-state index is 10.7. The number of ether oxygens (including phenoxy) is 1. The van der Waals surface area contributed by atoms with Gasteiger partial charge in [-0.3, -0.25) is 10.1 Å². The van der Waals surface area contributed by atoms with E-state index in [4.69, 9.17) is 4.74 Å². The summed E-state index contributed by atoms with van der Waals surface area (Å²) in [6.45, 7) is 4.44. The van der Waals surface area contributed by atoms with Gasteiger partial charge in [-0.1, -0.05) is 6.07 Å². The molecule has 0 aliphatic carbocycles. The van der Waals surface area contributed by atoms with Crippen LogP contribution in [-0.2, 0) is 0 Å². The van der Waals surface area contributed by atoms with E-state index in [-0.39, 0.29) is 5.69 Å². The average molecular weight is 274 g/mol. The topological polar surface area (TPSA) is 90.2 Å². The molecule has 1 heterocycles. The van der Waals surface area contributed by atoms with Crippen LogP contribution >= 0.6 is 0 Å². The highest BCUT2D eigenvalue weighted by atomic mass is 16.6. The summed E-state index contributed by atoms with van der Waals surface area (Å²) in [5, 5.41) is 13.8. The van der Waals surface area contributed by atoms with E-state index in [0.29, 0.717) is 23.3 Å². The molecule has 0 aliphatic heterocycles. The number of hydrogen-bond donors (Lipinski definition) is 1. The number of nitrogens with zero attached hydrogens (tertiary/aromatic N) is 3. The van der Waals surface area contributed by atoms with E-state index in [1.807, 2.05) is 6.92 Å². The first-order chi connectivity index (χ1) is 9.58. The van der Waals surface area contributed by atoms with Crippen LogP contribution in [0.25, 0.3) is 0 Å². The Bertz CT molecular complexity index is 631. The van der Waals surface area contributed by atoms with Crippen LogP contribution in [0.15, 0.2) is 30.3 Å². The predicted molar refractivity (Wildman–Crippen MR) is 74.1 cm³/mol. The van der Waals surface area contributed by atoms with Crippen LogP contribution in [0.3, 0.4) is 0 Å². The molecular weight excluding hydrogens is 260 g/mol. The standard InChI is InChI=1S/C13H14N4O3/c1-3-14-12-8-13(16-9(2)15-12)20-11-6-4-5-10(7-11)17(18)19/h4-8H,3H2,1-2H3,(H,14,15,16). The quantitative estimate of drug-likeness (QED) is 0.666. The molecular formula is C13H14N4O3. The number of nitrogens with one attached hydrogen (secondary N) is 1. The summed E-state index contributed by atoms with van der Waals surface area (Å²) in [5.74, 6) is 1.91. The molecule has 0 amide bonds. The van der Waals surface area contributed by atoms with Crippen LogP contribution in [0.1, 0.15) is 12.7 Å². The molecule has 0 unspecified atom stereocenters. The maximum absolute atomic E-state index is 10.7. The molecule has 1 N–H and O–H groups in total. The highest BCUT2D eigenvalue weighted by Gasteiger charge is 2.08. The lowest BCUT2D eigenvalue weighted by atomic mass is 10.3. The maximum Gasteiger partial charge on any atom is 0.273 e. The van der Waals surface area contributed by atoms with Gasteiger partial charge < -0.3 is 10.1 Å². The van der Waals surface area contributed by atoms with Gasteiger partial charge in [-0.15, -0.1) is 0 Å². The summed E-state index contributed by atoms with van der Waals surface area (Å²) in [4.78, 5) is 18.6. The van der Waals surface area contributed by atoms with Crippen molar-refractivity contribution in [2.75, 3.05) is 11.9 Å². The van der Waals surface area contributed by atoms with E-state index in [1.165, 1.54) is 12.1 Å². The predicted octanol–water partition coefficient (Wildman–Crippen LogP) is 2.92. The van der Waals surface area contributed by atoms with Crippen molar-refractivity contribution >= 4 is 11.5 Å². The Morgan fingerprint density at radius 2 is 2.15 bits per heavy atom. The molecule has 1 aromatic carbocycles. The van der Waals surface area contributed by atoms with E-state index >= 15 is 0 Å². The molecule has 2 rings (SSSR count). The van der Waals surface area contributed by atoms with E-state index in [9.17, 15) is 10.1 Å². The van der Waals surface area contributed by atoms with Crippen molar-refractivity contribution in [3.05, 3.63) is 46.3 Å². The van der Waals surface area contributed by atoms with Gasteiger partial charge in [0.15, 0.2) is 0 Å². The Hall–Kier alpha value is -2.70. The van der Waals surface area contributed by atoms with Crippen molar-refractivity contribution in [2.24, 2.45) is 0 Å². The van der Waals surface area contributed by atoms with Crippen LogP contribution in [0.4, 0.5) is 11.5 Å². The molecule has 2 aromatic rings. The van der Waals surface area contributed by atoms with Crippen molar-refractivity contribution in [1.29, 1.82) is 0 Å². The zero-order chi connectivity index (χ0) is 14.5. The lowest BCUT2D eigenvalue weighted by molar-refractivity contribution is -0.384. The lowest BCUT2D eigenvalue weighted by Gasteiger charge is -2.08. The van der Waals surface area contributed by atoms with Crippen LogP contribution in [0.2, 0.25) is 0 Å². The number of benzene rings is 1. The molecule has 1 aromatic heterocycles. The molecule has 0 fully saturated rings. The Morgan fingerprint density at radius 1 is 1.35 bits per heavy atom. The van der Waals surface area contributed by atoms with Crippen LogP contribution in [0.5, 0.6) is 11.6 Å². The Labute approximate surface area is 115 Å². The number of nitro benzene ring substituents is 1. The molecule has 0 saturated carbocycles. The normalized spacial score (nSPS) is 10.1. The first kappa shape index (κ1) is 13.7. The zero-order valence-electron chi connectivity index (χ0n) is 11.2. The van der Waals surface area contributed by atoms with Gasteiger partial charge in [0.1, 0.15) is 17.4 Å². The average Bonchev–Trinajstić information content (AvgIpc) is 2.38. The van der Waals surface area contributed by atoms with Crippen molar-refractivity contribution in [3.63, 3.8) is 0 Å². The minimum absolute atomic E-state index is 0.0276. The third-order valence-corrected chi connectivity index (χ3v) is 2.42. The molecule has 0 aliphatic rings. The molecule has 104 valence electrons. The van der Waals surface area contributed by atoms with Gasteiger partial charge in [0.05, 0.1) is 11.0 Å². The fourth-order valence-electron chi connectivity index (χ4n) is 1.65. The molecule has 0 atom stereocenters. The molecule has 7 heteroatoms. The number of non-ortho nitro benzene ring substituents is 1. The Morgan fingerprint density at radius 3 is 2.85 bits per heavy atom. The lowest BCUT2D eigenvalue weighted by Crippen LogP contribution is -2.02. The fourth-order valence-corrected chi connectivity index (χ4v) is 1.65. The van der Waals surface area contributed by atoms with Crippen LogP contribution < -0.4 is 10.1 Å². The first-order valence-electron chi connectivity index (χ1n) is 6.10. The summed E-state index contributed by atoms with van der Waals surface area (Å²) in [6.07, 6.45) is 0. The van der Waals surface area contributed by atoms with E-state index in [0.717, 1.165) is 6.54 Å². The highest BCUT2D eigenvalue weighted by molar-refractivity contribution is 5.42. The minimum Gasteiger partial charge on any atom is -0.439 e. The molecule has 0 bridgehead atoms. The molecule has 0 saturated heterocycles. The minimum atomic E-state index is -0.470. The van der Waals surface area contributed by atoms with Gasteiger partial charge in [-0.25, -0.2) is 4.98 Å². The van der Waals surface area contributed by atoms with Crippen LogP contribution in [-0.4, -0.2) is 21.4 Å². The Balaban J connectivity index is 2.25. The SMILES string of the molecule is CCNc1cc(Oc2cccc([N+](=O)[O-])c2)nc(C)n1. The summed E-state index contributed by atoms with van der Waals surface area (Å²) in [7, 11) is 0.